The minimum absolute atomic E-state index is 0.331. The van der Waals surface area contributed by atoms with Crippen LogP contribution in [0.1, 0.15) is 43.7 Å². The first-order valence-corrected chi connectivity index (χ1v) is 11.0. The molecule has 1 atom stereocenters. The lowest BCUT2D eigenvalue weighted by Gasteiger charge is -2.34. The number of hydrogen-bond donors (Lipinski definition) is 1. The van der Waals surface area contributed by atoms with E-state index in [0.717, 1.165) is 16.8 Å². The first-order valence-electron chi connectivity index (χ1n) is 10.6. The molecule has 2 aromatic carbocycles. The maximum atomic E-state index is 15.8. The van der Waals surface area contributed by atoms with Gasteiger partial charge in [-0.1, -0.05) is 23.7 Å². The number of ether oxygens (including phenoxy) is 1. The lowest BCUT2D eigenvalue weighted by Crippen LogP contribution is -2.31. The number of nitrogens with zero attached hydrogens (tertiary/aromatic N) is 2. The Morgan fingerprint density at radius 2 is 1.81 bits per heavy atom. The predicted octanol–water partition coefficient (Wildman–Crippen LogP) is 6.11. The Hall–Kier alpha value is -2.57. The second-order valence-corrected chi connectivity index (χ2v) is 9.85. The number of aromatic nitrogens is 1. The number of carboxylic acid groups (broad SMARTS) is 1. The van der Waals surface area contributed by atoms with Crippen LogP contribution in [0.3, 0.4) is 0 Å². The summed E-state index contributed by atoms with van der Waals surface area (Å²) in [6.45, 7) is 10.5. The quantitative estimate of drug-likeness (QED) is 0.512. The molecule has 1 aliphatic rings. The van der Waals surface area contributed by atoms with Crippen LogP contribution in [-0.4, -0.2) is 34.8 Å². The second-order valence-electron chi connectivity index (χ2n) is 9.41. The lowest BCUT2D eigenvalue weighted by atomic mass is 9.87. The Kier molecular flexibility index (Phi) is 5.50. The van der Waals surface area contributed by atoms with Crippen molar-refractivity contribution in [2.45, 2.75) is 52.9 Å². The van der Waals surface area contributed by atoms with Gasteiger partial charge in [-0.3, -0.25) is 0 Å². The molecule has 4 rings (SSSR count). The van der Waals surface area contributed by atoms with Gasteiger partial charge in [-0.05, 0) is 57.9 Å². The highest BCUT2D eigenvalue weighted by molar-refractivity contribution is 6.30. The van der Waals surface area contributed by atoms with E-state index in [1.54, 1.807) is 31.2 Å². The molecule has 5 nitrogen and oxygen atoms in total. The Morgan fingerprint density at radius 1 is 1.19 bits per heavy atom. The highest BCUT2D eigenvalue weighted by Gasteiger charge is 2.36. The first kappa shape index (κ1) is 22.6. The van der Waals surface area contributed by atoms with Crippen LogP contribution in [0.25, 0.3) is 22.0 Å². The molecule has 7 heteroatoms. The summed E-state index contributed by atoms with van der Waals surface area (Å²) < 4.78 is 23.9. The molecular weight excluding hydrogens is 431 g/mol. The Bertz CT molecular complexity index is 1230. The second kappa shape index (κ2) is 7.78. The number of carbonyl (C=O) groups is 1. The molecule has 170 valence electrons. The van der Waals surface area contributed by atoms with E-state index in [4.69, 9.17) is 16.3 Å². The standard InChI is InChI=1S/C25H28ClFN2O3/c1-13-17(23(24(30)31)32-25(3,4)5)18(15-7-9-16(26)10-8-15)19-20(27)14(2)29-12-11-28(6)21(13)22(19)29/h7-10,23H,11-12H2,1-6H3,(H,30,31)/t23-/m0/s1. The van der Waals surface area contributed by atoms with Crippen molar-refractivity contribution in [3.8, 4) is 11.1 Å². The van der Waals surface area contributed by atoms with Crippen molar-refractivity contribution in [1.29, 1.82) is 0 Å². The number of likely N-dealkylation sites (N-methyl/N-ethyl adjacent to an activating group) is 1. The molecule has 32 heavy (non-hydrogen) atoms. The summed E-state index contributed by atoms with van der Waals surface area (Å²) in [4.78, 5) is 14.6. The molecule has 0 saturated carbocycles. The zero-order valence-electron chi connectivity index (χ0n) is 19.2. The number of hydrogen-bond acceptors (Lipinski definition) is 3. The van der Waals surface area contributed by atoms with Crippen LogP contribution in [-0.2, 0) is 16.1 Å². The topological polar surface area (TPSA) is 54.7 Å². The molecule has 1 aromatic heterocycles. The third-order valence-corrected chi connectivity index (χ3v) is 6.34. The van der Waals surface area contributed by atoms with Crippen molar-refractivity contribution in [3.63, 3.8) is 0 Å². The van der Waals surface area contributed by atoms with Crippen molar-refractivity contribution in [2.75, 3.05) is 18.5 Å². The molecule has 1 N–H and O–H groups in total. The fourth-order valence-electron chi connectivity index (χ4n) is 4.75. The van der Waals surface area contributed by atoms with Gasteiger partial charge < -0.3 is 19.3 Å². The number of aliphatic carboxylic acids is 1. The number of anilines is 1. The summed E-state index contributed by atoms with van der Waals surface area (Å²) in [6.07, 6.45) is -1.26. The van der Waals surface area contributed by atoms with E-state index in [9.17, 15) is 9.90 Å². The SMILES string of the molecule is Cc1c([C@H](OC(C)(C)C)C(=O)O)c(-c2ccc(Cl)cc2)c2c(F)c(C)n3c2c1N(C)CC3. The fourth-order valence-corrected chi connectivity index (χ4v) is 4.87. The fraction of sp³-hybridized carbons (Fsp3) is 0.400. The highest BCUT2D eigenvalue weighted by atomic mass is 35.5. The van der Waals surface area contributed by atoms with Gasteiger partial charge in [0.25, 0.3) is 0 Å². The summed E-state index contributed by atoms with van der Waals surface area (Å²) >= 11 is 6.12. The van der Waals surface area contributed by atoms with E-state index >= 15 is 4.39 Å². The van der Waals surface area contributed by atoms with Crippen LogP contribution >= 0.6 is 11.6 Å². The molecule has 0 bridgehead atoms. The van der Waals surface area contributed by atoms with Crippen LogP contribution in [0, 0.1) is 19.7 Å². The number of halogens is 2. The van der Waals surface area contributed by atoms with E-state index in [1.165, 1.54) is 0 Å². The zero-order chi connectivity index (χ0) is 23.5. The van der Waals surface area contributed by atoms with Crippen LogP contribution in [0.15, 0.2) is 24.3 Å². The van der Waals surface area contributed by atoms with Gasteiger partial charge in [-0.15, -0.1) is 0 Å². The largest absolute Gasteiger partial charge is 0.479 e. The molecule has 2 heterocycles. The number of benzene rings is 2. The summed E-state index contributed by atoms with van der Waals surface area (Å²) in [5.41, 5.74) is 3.96. The van der Waals surface area contributed by atoms with Crippen molar-refractivity contribution in [1.82, 2.24) is 4.57 Å². The van der Waals surface area contributed by atoms with E-state index < -0.39 is 17.7 Å². The number of carboxylic acids is 1. The summed E-state index contributed by atoms with van der Waals surface area (Å²) in [7, 11) is 1.96. The van der Waals surface area contributed by atoms with Crippen molar-refractivity contribution < 1.29 is 19.0 Å². The zero-order valence-corrected chi connectivity index (χ0v) is 20.0. The summed E-state index contributed by atoms with van der Waals surface area (Å²) in [5, 5.41) is 11.2. The van der Waals surface area contributed by atoms with Crippen LogP contribution < -0.4 is 4.90 Å². The smallest absolute Gasteiger partial charge is 0.337 e. The molecule has 0 aliphatic carbocycles. The summed E-state index contributed by atoms with van der Waals surface area (Å²) in [6, 6.07) is 7.07. The van der Waals surface area contributed by atoms with Crippen molar-refractivity contribution >= 4 is 34.2 Å². The van der Waals surface area contributed by atoms with Gasteiger partial charge >= 0.3 is 5.97 Å². The Labute approximate surface area is 192 Å². The van der Waals surface area contributed by atoms with Gasteiger partial charge in [0, 0.05) is 41.7 Å². The summed E-state index contributed by atoms with van der Waals surface area (Å²) in [5.74, 6) is -1.44. The molecular formula is C25H28ClFN2O3. The third-order valence-electron chi connectivity index (χ3n) is 6.08. The van der Waals surface area contributed by atoms with Gasteiger partial charge in [0.05, 0.1) is 22.5 Å². The van der Waals surface area contributed by atoms with Crippen LogP contribution in [0.4, 0.5) is 10.1 Å². The van der Waals surface area contributed by atoms with Crippen LogP contribution in [0.2, 0.25) is 5.02 Å². The minimum atomic E-state index is -1.26. The van der Waals surface area contributed by atoms with Gasteiger partial charge in [0.15, 0.2) is 11.9 Å². The van der Waals surface area contributed by atoms with Gasteiger partial charge in [0.2, 0.25) is 0 Å². The van der Waals surface area contributed by atoms with Crippen molar-refractivity contribution in [2.24, 2.45) is 0 Å². The molecule has 0 spiro atoms. The molecule has 0 fully saturated rings. The monoisotopic (exact) mass is 458 g/mol. The maximum Gasteiger partial charge on any atom is 0.337 e. The van der Waals surface area contributed by atoms with E-state index in [0.29, 0.717) is 45.9 Å². The van der Waals surface area contributed by atoms with Gasteiger partial charge in [-0.2, -0.15) is 0 Å². The Balaban J connectivity index is 2.21. The number of rotatable bonds is 4. The Morgan fingerprint density at radius 3 is 2.38 bits per heavy atom. The lowest BCUT2D eigenvalue weighted by molar-refractivity contribution is -0.160. The van der Waals surface area contributed by atoms with Gasteiger partial charge in [0.1, 0.15) is 0 Å². The van der Waals surface area contributed by atoms with Gasteiger partial charge in [-0.25, -0.2) is 9.18 Å². The van der Waals surface area contributed by atoms with E-state index in [-0.39, 0.29) is 5.82 Å². The van der Waals surface area contributed by atoms with Crippen LogP contribution in [0.5, 0.6) is 0 Å². The average molecular weight is 459 g/mol. The van der Waals surface area contributed by atoms with E-state index in [2.05, 4.69) is 4.90 Å². The average Bonchev–Trinajstić information content (AvgIpc) is 2.95. The molecule has 0 saturated heterocycles. The normalized spacial score (nSPS) is 14.8. The molecule has 0 radical (unpaired) electrons. The molecule has 1 aliphatic heterocycles. The first-order chi connectivity index (χ1) is 14.9. The minimum Gasteiger partial charge on any atom is -0.479 e. The molecule has 3 aromatic rings. The maximum absolute atomic E-state index is 15.8. The highest BCUT2D eigenvalue weighted by Crippen LogP contribution is 2.48. The van der Waals surface area contributed by atoms with Crippen molar-refractivity contribution in [3.05, 3.63) is 51.9 Å². The molecule has 0 amide bonds. The predicted molar refractivity (Wildman–Crippen MR) is 126 cm³/mol. The van der Waals surface area contributed by atoms with E-state index in [1.807, 2.05) is 39.3 Å². The molecule has 0 unspecified atom stereocenters. The third kappa shape index (κ3) is 3.55.